The number of rotatable bonds is 8. The zero-order chi connectivity index (χ0) is 28.5. The van der Waals surface area contributed by atoms with Gasteiger partial charge >= 0.3 is 12.2 Å². The standard InChI is InChI=1S/C30H36F4N4O/c1-19(2)37(20(3)4)12-13-38(28(39)36-24-8-9-27(31)26(16-24)30(32,33)34)25-10-11-29(17-23(29)15-25)22-7-5-6-21(14-22)18-35/h5-9,14,16,19-20,23,25H,10-13,15,17H2,1-4H3,(H,36,39)/t23?,25-,29-/m1/s1. The molecule has 2 aromatic carbocycles. The van der Waals surface area contributed by atoms with Crippen molar-refractivity contribution in [1.82, 2.24) is 9.80 Å². The van der Waals surface area contributed by atoms with E-state index in [4.69, 9.17) is 0 Å². The molecule has 0 radical (unpaired) electrons. The van der Waals surface area contributed by atoms with Crippen molar-refractivity contribution >= 4 is 11.7 Å². The van der Waals surface area contributed by atoms with Crippen molar-refractivity contribution in [2.24, 2.45) is 5.92 Å². The molecule has 1 unspecified atom stereocenters. The van der Waals surface area contributed by atoms with Crippen LogP contribution in [-0.4, -0.2) is 47.0 Å². The van der Waals surface area contributed by atoms with Crippen LogP contribution in [0, 0.1) is 23.1 Å². The first-order chi connectivity index (χ1) is 18.4. The van der Waals surface area contributed by atoms with E-state index in [0.29, 0.717) is 30.6 Å². The highest BCUT2D eigenvalue weighted by molar-refractivity contribution is 5.89. The first-order valence-corrected chi connectivity index (χ1v) is 13.6. The molecule has 0 aliphatic heterocycles. The summed E-state index contributed by atoms with van der Waals surface area (Å²) in [5.41, 5.74) is 0.325. The van der Waals surface area contributed by atoms with Gasteiger partial charge in [0, 0.05) is 36.9 Å². The lowest BCUT2D eigenvalue weighted by atomic mass is 9.80. The number of fused-ring (bicyclic) bond motifs is 1. The fourth-order valence-electron chi connectivity index (χ4n) is 6.35. The van der Waals surface area contributed by atoms with Crippen molar-refractivity contribution < 1.29 is 22.4 Å². The quantitative estimate of drug-likeness (QED) is 0.358. The van der Waals surface area contributed by atoms with Gasteiger partial charge in [-0.25, -0.2) is 9.18 Å². The summed E-state index contributed by atoms with van der Waals surface area (Å²) in [7, 11) is 0. The Morgan fingerprint density at radius 1 is 1.13 bits per heavy atom. The minimum atomic E-state index is -4.86. The molecule has 39 heavy (non-hydrogen) atoms. The maximum absolute atomic E-state index is 13.8. The fraction of sp³-hybridized carbons (Fsp3) is 0.533. The average Bonchev–Trinajstić information content (AvgIpc) is 3.61. The Bertz CT molecular complexity index is 1230. The Morgan fingerprint density at radius 2 is 1.85 bits per heavy atom. The van der Waals surface area contributed by atoms with Crippen LogP contribution in [0.5, 0.6) is 0 Å². The van der Waals surface area contributed by atoms with Crippen LogP contribution in [0.15, 0.2) is 42.5 Å². The lowest BCUT2D eigenvalue weighted by molar-refractivity contribution is -0.139. The molecule has 9 heteroatoms. The van der Waals surface area contributed by atoms with Gasteiger partial charge in [0.25, 0.3) is 0 Å². The van der Waals surface area contributed by atoms with Gasteiger partial charge in [-0.2, -0.15) is 18.4 Å². The molecule has 2 aliphatic rings. The van der Waals surface area contributed by atoms with Crippen molar-refractivity contribution in [3.05, 3.63) is 65.0 Å². The Morgan fingerprint density at radius 3 is 2.46 bits per heavy atom. The number of halogens is 4. The lowest BCUT2D eigenvalue weighted by Crippen LogP contribution is -2.50. The van der Waals surface area contributed by atoms with Gasteiger partial charge < -0.3 is 10.2 Å². The number of alkyl halides is 3. The number of nitriles is 1. The summed E-state index contributed by atoms with van der Waals surface area (Å²) in [4.78, 5) is 17.6. The summed E-state index contributed by atoms with van der Waals surface area (Å²) >= 11 is 0. The van der Waals surface area contributed by atoms with Crippen LogP contribution in [0.3, 0.4) is 0 Å². The van der Waals surface area contributed by atoms with E-state index in [1.807, 2.05) is 12.1 Å². The number of anilines is 1. The molecule has 210 valence electrons. The van der Waals surface area contributed by atoms with E-state index >= 15 is 0 Å². The highest BCUT2D eigenvalue weighted by Crippen LogP contribution is 2.62. The highest BCUT2D eigenvalue weighted by atomic mass is 19.4. The van der Waals surface area contributed by atoms with Gasteiger partial charge in [-0.1, -0.05) is 12.1 Å². The number of hydrogen-bond donors (Lipinski definition) is 1. The van der Waals surface area contributed by atoms with Gasteiger partial charge in [0.05, 0.1) is 17.2 Å². The molecule has 5 nitrogen and oxygen atoms in total. The first-order valence-electron chi connectivity index (χ1n) is 13.6. The number of nitrogens with one attached hydrogen (secondary N) is 1. The normalized spacial score (nSPS) is 22.5. The predicted octanol–water partition coefficient (Wildman–Crippen LogP) is 7.18. The molecule has 2 fully saturated rings. The van der Waals surface area contributed by atoms with Crippen LogP contribution >= 0.6 is 0 Å². The van der Waals surface area contributed by atoms with E-state index in [0.717, 1.165) is 43.4 Å². The summed E-state index contributed by atoms with van der Waals surface area (Å²) in [6, 6.07) is 12.4. The second-order valence-electron chi connectivity index (χ2n) is 11.4. The summed E-state index contributed by atoms with van der Waals surface area (Å²) in [5, 5.41) is 11.9. The van der Waals surface area contributed by atoms with Crippen LogP contribution < -0.4 is 5.32 Å². The molecule has 2 amide bonds. The van der Waals surface area contributed by atoms with Crippen molar-refractivity contribution in [3.8, 4) is 6.07 Å². The number of carbonyl (C=O) groups excluding carboxylic acids is 1. The highest BCUT2D eigenvalue weighted by Gasteiger charge is 2.58. The maximum atomic E-state index is 13.8. The molecule has 0 spiro atoms. The van der Waals surface area contributed by atoms with E-state index in [1.54, 1.807) is 11.0 Å². The first kappa shape index (κ1) is 28.9. The third-order valence-corrected chi connectivity index (χ3v) is 8.43. The number of amides is 2. The van der Waals surface area contributed by atoms with Crippen LogP contribution in [0.25, 0.3) is 0 Å². The van der Waals surface area contributed by atoms with Crippen LogP contribution in [-0.2, 0) is 11.6 Å². The smallest absolute Gasteiger partial charge is 0.320 e. The minimum Gasteiger partial charge on any atom is -0.320 e. The number of benzene rings is 2. The maximum Gasteiger partial charge on any atom is 0.419 e. The Balaban J connectivity index is 1.54. The second-order valence-corrected chi connectivity index (χ2v) is 11.4. The van der Waals surface area contributed by atoms with Gasteiger partial charge in [0.15, 0.2) is 0 Å². The summed E-state index contributed by atoms with van der Waals surface area (Å²) in [6.45, 7) is 9.42. The number of hydrogen-bond acceptors (Lipinski definition) is 3. The van der Waals surface area contributed by atoms with Gasteiger partial charge in [-0.05, 0) is 101 Å². The number of nitrogens with zero attached hydrogens (tertiary/aromatic N) is 3. The third-order valence-electron chi connectivity index (χ3n) is 8.43. The molecule has 0 saturated heterocycles. The number of carbonyl (C=O) groups is 1. The SMILES string of the molecule is CC(C)N(CCN(C(=O)Nc1ccc(F)c(C(F)(F)F)c1)[C@@H]1CC[C@]2(c3cccc(C#N)c3)CC2C1)C(C)C. The largest absolute Gasteiger partial charge is 0.419 e. The molecular formula is C30H36F4N4O. The molecule has 0 heterocycles. The van der Waals surface area contributed by atoms with Gasteiger partial charge in [0.1, 0.15) is 5.82 Å². The van der Waals surface area contributed by atoms with Crippen LogP contribution in [0.4, 0.5) is 28.0 Å². The molecule has 0 bridgehead atoms. The molecule has 4 rings (SSSR count). The predicted molar refractivity (Wildman–Crippen MR) is 143 cm³/mol. The molecule has 1 N–H and O–H groups in total. The van der Waals surface area contributed by atoms with Crippen molar-refractivity contribution in [3.63, 3.8) is 0 Å². The lowest BCUT2D eigenvalue weighted by Gasteiger charge is -2.39. The van der Waals surface area contributed by atoms with E-state index in [1.165, 1.54) is 0 Å². The summed E-state index contributed by atoms with van der Waals surface area (Å²) < 4.78 is 53.6. The average molecular weight is 545 g/mol. The molecule has 0 aromatic heterocycles. The molecule has 2 saturated carbocycles. The van der Waals surface area contributed by atoms with Crippen molar-refractivity contribution in [2.45, 2.75) is 83.1 Å². The van der Waals surface area contributed by atoms with Crippen molar-refractivity contribution in [2.75, 3.05) is 18.4 Å². The van der Waals surface area contributed by atoms with E-state index in [2.05, 4.69) is 50.0 Å². The van der Waals surface area contributed by atoms with Gasteiger partial charge in [-0.15, -0.1) is 0 Å². The monoisotopic (exact) mass is 544 g/mol. The topological polar surface area (TPSA) is 59.4 Å². The fourth-order valence-corrected chi connectivity index (χ4v) is 6.35. The Kier molecular flexibility index (Phi) is 8.27. The van der Waals surface area contributed by atoms with E-state index in [-0.39, 0.29) is 29.2 Å². The van der Waals surface area contributed by atoms with Crippen molar-refractivity contribution in [1.29, 1.82) is 5.26 Å². The number of urea groups is 1. The zero-order valence-corrected chi connectivity index (χ0v) is 22.9. The second kappa shape index (κ2) is 11.2. The third kappa shape index (κ3) is 6.22. The van der Waals surface area contributed by atoms with Crippen LogP contribution in [0.1, 0.15) is 70.1 Å². The molecule has 3 atom stereocenters. The van der Waals surface area contributed by atoms with Gasteiger partial charge in [0.2, 0.25) is 0 Å². The molecule has 2 aromatic rings. The molecule has 2 aliphatic carbocycles. The zero-order valence-electron chi connectivity index (χ0n) is 22.9. The minimum absolute atomic E-state index is 0.0198. The van der Waals surface area contributed by atoms with Crippen LogP contribution in [0.2, 0.25) is 0 Å². The summed E-state index contributed by atoms with van der Waals surface area (Å²) in [5.74, 6) is -1.01. The Labute approximate surface area is 227 Å². The van der Waals surface area contributed by atoms with Gasteiger partial charge in [-0.3, -0.25) is 4.90 Å². The Hall–Kier alpha value is -3.12. The molecular weight excluding hydrogens is 508 g/mol. The van der Waals surface area contributed by atoms with E-state index in [9.17, 15) is 27.6 Å². The van der Waals surface area contributed by atoms with E-state index < -0.39 is 23.6 Å². The summed E-state index contributed by atoms with van der Waals surface area (Å²) in [6.07, 6.45) is -1.47.